The SMILES string of the molecule is CCOC(=O)c1cc(-c2ccccc2)sc1NC(=S)Nc1cc(OC)c(OC)c(OC)c1. The molecule has 1 heterocycles. The van der Waals surface area contributed by atoms with Crippen molar-refractivity contribution in [2.24, 2.45) is 0 Å². The fourth-order valence-electron chi connectivity index (χ4n) is 3.01. The van der Waals surface area contributed by atoms with E-state index in [1.807, 2.05) is 36.4 Å². The van der Waals surface area contributed by atoms with Crippen molar-refractivity contribution in [1.29, 1.82) is 0 Å². The molecule has 3 aromatic rings. The van der Waals surface area contributed by atoms with E-state index in [0.29, 0.717) is 38.6 Å². The lowest BCUT2D eigenvalue weighted by atomic mass is 10.1. The van der Waals surface area contributed by atoms with Crippen molar-refractivity contribution in [3.05, 3.63) is 54.1 Å². The molecule has 3 rings (SSSR count). The van der Waals surface area contributed by atoms with Crippen molar-refractivity contribution in [2.75, 3.05) is 38.6 Å². The predicted molar refractivity (Wildman–Crippen MR) is 132 cm³/mol. The van der Waals surface area contributed by atoms with Gasteiger partial charge in [0, 0.05) is 22.7 Å². The summed E-state index contributed by atoms with van der Waals surface area (Å²) >= 11 is 6.91. The standard InChI is InChI=1S/C23H24N2O5S2/c1-5-30-22(26)16-13-19(14-9-7-6-8-10-14)32-21(16)25-23(31)24-15-11-17(27-2)20(29-4)18(12-15)28-3/h6-13H,5H2,1-4H3,(H2,24,25,31). The molecule has 2 aromatic carbocycles. The molecule has 0 spiro atoms. The van der Waals surface area contributed by atoms with E-state index in [9.17, 15) is 4.79 Å². The second-order valence-electron chi connectivity index (χ2n) is 6.43. The Morgan fingerprint density at radius 1 is 0.969 bits per heavy atom. The number of esters is 1. The maximum Gasteiger partial charge on any atom is 0.341 e. The number of carbonyl (C=O) groups is 1. The fourth-order valence-corrected chi connectivity index (χ4v) is 4.35. The molecular formula is C23H24N2O5S2. The first-order valence-electron chi connectivity index (χ1n) is 9.75. The molecule has 0 aliphatic heterocycles. The van der Waals surface area contributed by atoms with Crippen molar-refractivity contribution in [2.45, 2.75) is 6.92 Å². The van der Waals surface area contributed by atoms with Gasteiger partial charge in [-0.1, -0.05) is 30.3 Å². The third-order valence-electron chi connectivity index (χ3n) is 4.44. The summed E-state index contributed by atoms with van der Waals surface area (Å²) in [5.74, 6) is 1.05. The van der Waals surface area contributed by atoms with Gasteiger partial charge < -0.3 is 29.6 Å². The maximum atomic E-state index is 12.5. The highest BCUT2D eigenvalue weighted by Crippen LogP contribution is 2.40. The predicted octanol–water partition coefficient (Wildman–Crippen LogP) is 5.43. The van der Waals surface area contributed by atoms with E-state index in [4.69, 9.17) is 31.2 Å². The topological polar surface area (TPSA) is 78.1 Å². The molecule has 1 aromatic heterocycles. The number of thiophene rings is 1. The summed E-state index contributed by atoms with van der Waals surface area (Å²) in [7, 11) is 4.62. The van der Waals surface area contributed by atoms with Crippen LogP contribution in [0.25, 0.3) is 10.4 Å². The van der Waals surface area contributed by atoms with E-state index in [1.54, 1.807) is 33.3 Å². The molecule has 0 atom stereocenters. The Morgan fingerprint density at radius 3 is 2.19 bits per heavy atom. The van der Waals surface area contributed by atoms with E-state index in [2.05, 4.69) is 10.6 Å². The van der Waals surface area contributed by atoms with Crippen LogP contribution in [0.15, 0.2) is 48.5 Å². The first kappa shape index (κ1) is 23.4. The van der Waals surface area contributed by atoms with Gasteiger partial charge in [-0.2, -0.15) is 0 Å². The van der Waals surface area contributed by atoms with E-state index in [0.717, 1.165) is 10.4 Å². The lowest BCUT2D eigenvalue weighted by Gasteiger charge is -2.16. The van der Waals surface area contributed by atoms with Crippen molar-refractivity contribution < 1.29 is 23.7 Å². The zero-order valence-corrected chi connectivity index (χ0v) is 19.8. The number of carbonyl (C=O) groups excluding carboxylic acids is 1. The van der Waals surface area contributed by atoms with Gasteiger partial charge in [-0.15, -0.1) is 11.3 Å². The van der Waals surface area contributed by atoms with Gasteiger partial charge in [-0.05, 0) is 30.8 Å². The average Bonchev–Trinajstić information content (AvgIpc) is 3.22. The van der Waals surface area contributed by atoms with Gasteiger partial charge in [0.2, 0.25) is 5.75 Å². The zero-order valence-electron chi connectivity index (χ0n) is 18.2. The van der Waals surface area contributed by atoms with Crippen LogP contribution in [-0.2, 0) is 4.74 Å². The van der Waals surface area contributed by atoms with Crippen LogP contribution in [0.2, 0.25) is 0 Å². The molecule has 168 valence electrons. The van der Waals surface area contributed by atoms with E-state index < -0.39 is 5.97 Å². The number of hydrogen-bond acceptors (Lipinski definition) is 7. The van der Waals surface area contributed by atoms with Crippen molar-refractivity contribution in [3.63, 3.8) is 0 Å². The molecule has 2 N–H and O–H groups in total. The number of hydrogen-bond donors (Lipinski definition) is 2. The minimum atomic E-state index is -0.413. The number of nitrogens with one attached hydrogen (secondary N) is 2. The third-order valence-corrected chi connectivity index (χ3v) is 5.74. The van der Waals surface area contributed by atoms with Crippen LogP contribution in [0.4, 0.5) is 10.7 Å². The lowest BCUT2D eigenvalue weighted by Crippen LogP contribution is -2.20. The lowest BCUT2D eigenvalue weighted by molar-refractivity contribution is 0.0528. The first-order valence-corrected chi connectivity index (χ1v) is 11.0. The second-order valence-corrected chi connectivity index (χ2v) is 7.89. The van der Waals surface area contributed by atoms with E-state index in [1.165, 1.54) is 18.4 Å². The highest BCUT2D eigenvalue weighted by Gasteiger charge is 2.20. The quantitative estimate of drug-likeness (QED) is 0.332. The molecule has 32 heavy (non-hydrogen) atoms. The Balaban J connectivity index is 1.87. The monoisotopic (exact) mass is 472 g/mol. The van der Waals surface area contributed by atoms with Crippen LogP contribution in [0.3, 0.4) is 0 Å². The molecule has 0 amide bonds. The number of benzene rings is 2. The molecule has 0 unspecified atom stereocenters. The Hall–Kier alpha value is -3.30. The second kappa shape index (κ2) is 10.8. The fraction of sp³-hybridized carbons (Fsp3) is 0.217. The molecule has 0 bridgehead atoms. The summed E-state index contributed by atoms with van der Waals surface area (Å²) in [4.78, 5) is 13.4. The number of methoxy groups -OCH3 is 3. The van der Waals surface area contributed by atoms with Crippen LogP contribution in [0, 0.1) is 0 Å². The van der Waals surface area contributed by atoms with E-state index in [-0.39, 0.29) is 6.61 Å². The molecule has 0 aliphatic carbocycles. The van der Waals surface area contributed by atoms with Crippen molar-refractivity contribution in [1.82, 2.24) is 0 Å². The van der Waals surface area contributed by atoms with Crippen molar-refractivity contribution in [3.8, 4) is 27.7 Å². The molecule has 0 radical (unpaired) electrons. The van der Waals surface area contributed by atoms with Gasteiger partial charge in [-0.25, -0.2) is 4.79 Å². The summed E-state index contributed by atoms with van der Waals surface area (Å²) in [5, 5.41) is 7.10. The van der Waals surface area contributed by atoms with Gasteiger partial charge in [0.05, 0.1) is 33.5 Å². The molecule has 0 saturated heterocycles. The minimum Gasteiger partial charge on any atom is -0.493 e. The van der Waals surface area contributed by atoms with Crippen LogP contribution >= 0.6 is 23.6 Å². The molecule has 0 aliphatic rings. The molecule has 0 fully saturated rings. The first-order chi connectivity index (χ1) is 15.5. The molecule has 7 nitrogen and oxygen atoms in total. The summed E-state index contributed by atoms with van der Waals surface area (Å²) in [5.41, 5.74) is 2.05. The van der Waals surface area contributed by atoms with Gasteiger partial charge >= 0.3 is 5.97 Å². The van der Waals surface area contributed by atoms with Crippen LogP contribution < -0.4 is 24.8 Å². The summed E-state index contributed by atoms with van der Waals surface area (Å²) in [6.07, 6.45) is 0. The molecule has 0 saturated carbocycles. The average molecular weight is 473 g/mol. The summed E-state index contributed by atoms with van der Waals surface area (Å²) in [6.45, 7) is 2.05. The normalized spacial score (nSPS) is 10.2. The van der Waals surface area contributed by atoms with Gasteiger partial charge in [0.1, 0.15) is 5.00 Å². The largest absolute Gasteiger partial charge is 0.493 e. The van der Waals surface area contributed by atoms with Crippen LogP contribution in [-0.4, -0.2) is 39.0 Å². The smallest absolute Gasteiger partial charge is 0.341 e. The Bertz CT molecular complexity index is 1070. The highest BCUT2D eigenvalue weighted by atomic mass is 32.1. The number of thiocarbonyl (C=S) groups is 1. The van der Waals surface area contributed by atoms with Crippen molar-refractivity contribution >= 4 is 45.3 Å². The number of ether oxygens (including phenoxy) is 4. The molecular weight excluding hydrogens is 448 g/mol. The summed E-state index contributed by atoms with van der Waals surface area (Å²) < 4.78 is 21.3. The Kier molecular flexibility index (Phi) is 7.91. The maximum absolute atomic E-state index is 12.5. The molecule has 9 heteroatoms. The third kappa shape index (κ3) is 5.30. The van der Waals surface area contributed by atoms with Crippen LogP contribution in [0.5, 0.6) is 17.2 Å². The Labute approximate surface area is 196 Å². The Morgan fingerprint density at radius 2 is 1.62 bits per heavy atom. The minimum absolute atomic E-state index is 0.281. The highest BCUT2D eigenvalue weighted by molar-refractivity contribution is 7.80. The van der Waals surface area contributed by atoms with Gasteiger partial charge in [0.25, 0.3) is 0 Å². The van der Waals surface area contributed by atoms with Gasteiger partial charge in [0.15, 0.2) is 16.6 Å². The van der Waals surface area contributed by atoms with Crippen LogP contribution in [0.1, 0.15) is 17.3 Å². The number of anilines is 2. The number of rotatable bonds is 8. The zero-order chi connectivity index (χ0) is 23.1. The summed E-state index contributed by atoms with van der Waals surface area (Å²) in [6, 6.07) is 15.1. The van der Waals surface area contributed by atoms with Gasteiger partial charge in [-0.3, -0.25) is 0 Å². The van der Waals surface area contributed by atoms with E-state index >= 15 is 0 Å².